The minimum Gasteiger partial charge on any atom is -0.474 e. The van der Waals surface area contributed by atoms with Crippen molar-refractivity contribution >= 4 is 10.9 Å². The van der Waals surface area contributed by atoms with Crippen LogP contribution in [0.4, 0.5) is 0 Å². The van der Waals surface area contributed by atoms with Crippen molar-refractivity contribution in [3.8, 4) is 22.7 Å². The van der Waals surface area contributed by atoms with Crippen LogP contribution in [0.3, 0.4) is 0 Å². The number of furan rings is 1. The van der Waals surface area contributed by atoms with Gasteiger partial charge in [-0.25, -0.2) is 4.79 Å². The third-order valence-corrected chi connectivity index (χ3v) is 6.58. The summed E-state index contributed by atoms with van der Waals surface area (Å²) >= 11 is 0. The normalized spacial score (nSPS) is 14.6. The first-order valence-corrected chi connectivity index (χ1v) is 11.1. The highest BCUT2D eigenvalue weighted by molar-refractivity contribution is 5.98. The fourth-order valence-electron chi connectivity index (χ4n) is 4.89. The molecule has 1 aliphatic heterocycles. The minimum absolute atomic E-state index is 0.344. The topological polar surface area (TPSA) is 71.3 Å². The summed E-state index contributed by atoms with van der Waals surface area (Å²) in [4.78, 5) is 26.6. The van der Waals surface area contributed by atoms with Crippen LogP contribution in [-0.4, -0.2) is 13.7 Å². The van der Waals surface area contributed by atoms with E-state index >= 15 is 0 Å². The highest BCUT2D eigenvalue weighted by Gasteiger charge is 2.37. The SMILES string of the molecule is Cc1ccc(-c2c3c(=O)n(C)c(=O)n(C)c3c3n2-c2cc(C)ccc2OC3c2ccco2)cc1. The second kappa shape index (κ2) is 7.12. The summed E-state index contributed by atoms with van der Waals surface area (Å²) < 4.78 is 17.0. The van der Waals surface area contributed by atoms with Gasteiger partial charge in [-0.3, -0.25) is 13.9 Å². The third kappa shape index (κ3) is 2.70. The van der Waals surface area contributed by atoms with Gasteiger partial charge in [-0.05, 0) is 49.2 Å². The zero-order valence-corrected chi connectivity index (χ0v) is 19.3. The third-order valence-electron chi connectivity index (χ3n) is 6.58. The number of rotatable bonds is 2. The highest BCUT2D eigenvalue weighted by Crippen LogP contribution is 2.46. The molecule has 1 atom stereocenters. The van der Waals surface area contributed by atoms with Crippen molar-refractivity contribution in [1.29, 1.82) is 0 Å². The summed E-state index contributed by atoms with van der Waals surface area (Å²) in [5.74, 6) is 1.27. The number of ether oxygens (including phenoxy) is 1. The number of aromatic nitrogens is 3. The molecule has 170 valence electrons. The zero-order chi connectivity index (χ0) is 23.7. The molecule has 0 fully saturated rings. The monoisotopic (exact) mass is 453 g/mol. The number of aryl methyl sites for hydroxylation is 3. The van der Waals surface area contributed by atoms with Crippen molar-refractivity contribution in [1.82, 2.24) is 13.7 Å². The Morgan fingerprint density at radius 1 is 0.882 bits per heavy atom. The average Bonchev–Trinajstić information content (AvgIpc) is 3.48. The molecule has 5 aromatic rings. The lowest BCUT2D eigenvalue weighted by Gasteiger charge is -2.29. The van der Waals surface area contributed by atoms with Crippen molar-refractivity contribution in [2.75, 3.05) is 0 Å². The first-order chi connectivity index (χ1) is 16.4. The number of fused-ring (bicyclic) bond motifs is 5. The van der Waals surface area contributed by atoms with Gasteiger partial charge in [0.05, 0.1) is 34.2 Å². The van der Waals surface area contributed by atoms with Crippen molar-refractivity contribution in [2.24, 2.45) is 14.1 Å². The molecule has 0 bridgehead atoms. The molecule has 7 heteroatoms. The molecule has 0 N–H and O–H groups in total. The lowest BCUT2D eigenvalue weighted by Crippen LogP contribution is -2.37. The molecule has 34 heavy (non-hydrogen) atoms. The maximum Gasteiger partial charge on any atom is 0.331 e. The largest absolute Gasteiger partial charge is 0.474 e. The highest BCUT2D eigenvalue weighted by atomic mass is 16.5. The van der Waals surface area contributed by atoms with Gasteiger partial charge in [-0.15, -0.1) is 0 Å². The number of nitrogens with zero attached hydrogens (tertiary/aromatic N) is 3. The Hall–Kier alpha value is -4.26. The minimum atomic E-state index is -0.635. The van der Waals surface area contributed by atoms with Crippen molar-refractivity contribution in [3.05, 3.63) is 104 Å². The molecular weight excluding hydrogens is 430 g/mol. The lowest BCUT2D eigenvalue weighted by molar-refractivity contribution is 0.199. The molecule has 1 unspecified atom stereocenters. The van der Waals surface area contributed by atoms with Gasteiger partial charge in [0.15, 0.2) is 11.9 Å². The Kier molecular flexibility index (Phi) is 4.26. The molecule has 3 aromatic heterocycles. The summed E-state index contributed by atoms with van der Waals surface area (Å²) in [6.45, 7) is 4.04. The zero-order valence-electron chi connectivity index (χ0n) is 19.3. The van der Waals surface area contributed by atoms with Crippen LogP contribution in [0.25, 0.3) is 27.8 Å². The maximum absolute atomic E-state index is 13.6. The first-order valence-electron chi connectivity index (χ1n) is 11.1. The summed E-state index contributed by atoms with van der Waals surface area (Å²) in [6.07, 6.45) is 0.960. The Bertz CT molecular complexity index is 1700. The molecule has 1 aliphatic rings. The van der Waals surface area contributed by atoms with Gasteiger partial charge in [0, 0.05) is 14.1 Å². The fourth-order valence-corrected chi connectivity index (χ4v) is 4.89. The standard InChI is InChI=1S/C27H23N3O4/c1-15-7-10-17(11-8-15)22-21-23(28(3)27(32)29(4)26(21)31)24-25(20-6-5-13-33-20)34-19-12-9-16(2)14-18(19)30(22)24/h5-14,25H,1-4H3. The number of benzene rings is 2. The van der Waals surface area contributed by atoms with Crippen LogP contribution in [0.1, 0.15) is 28.7 Å². The summed E-state index contributed by atoms with van der Waals surface area (Å²) in [5, 5.41) is 0.470. The summed E-state index contributed by atoms with van der Waals surface area (Å²) in [7, 11) is 3.20. The van der Waals surface area contributed by atoms with E-state index in [1.807, 2.05) is 62.4 Å². The average molecular weight is 453 g/mol. The predicted molar refractivity (Wildman–Crippen MR) is 130 cm³/mol. The van der Waals surface area contributed by atoms with Crippen LogP contribution >= 0.6 is 0 Å². The molecule has 7 nitrogen and oxygen atoms in total. The van der Waals surface area contributed by atoms with E-state index in [1.165, 1.54) is 11.6 Å². The molecular formula is C27H23N3O4. The first kappa shape index (κ1) is 20.4. The molecule has 2 aromatic carbocycles. The molecule has 0 radical (unpaired) electrons. The lowest BCUT2D eigenvalue weighted by atomic mass is 10.1. The number of hydrogen-bond donors (Lipinski definition) is 0. The van der Waals surface area contributed by atoms with Crippen molar-refractivity contribution < 1.29 is 9.15 Å². The van der Waals surface area contributed by atoms with E-state index in [2.05, 4.69) is 4.57 Å². The van der Waals surface area contributed by atoms with Gasteiger partial charge in [0.1, 0.15) is 5.75 Å². The Labute approximate surface area is 195 Å². The van der Waals surface area contributed by atoms with E-state index in [9.17, 15) is 9.59 Å². The Balaban J connectivity index is 1.89. The van der Waals surface area contributed by atoms with E-state index in [0.29, 0.717) is 28.1 Å². The molecule has 0 aliphatic carbocycles. The second-order valence-electron chi connectivity index (χ2n) is 8.85. The molecule has 0 spiro atoms. The van der Waals surface area contributed by atoms with Gasteiger partial charge in [0.2, 0.25) is 0 Å². The van der Waals surface area contributed by atoms with Crippen LogP contribution in [0.5, 0.6) is 5.75 Å². The van der Waals surface area contributed by atoms with Crippen LogP contribution in [-0.2, 0) is 14.1 Å². The van der Waals surface area contributed by atoms with Crippen LogP contribution in [0, 0.1) is 13.8 Å². The molecule has 6 rings (SSSR count). The van der Waals surface area contributed by atoms with Gasteiger partial charge in [-0.1, -0.05) is 35.9 Å². The van der Waals surface area contributed by atoms with Crippen LogP contribution < -0.4 is 16.0 Å². The van der Waals surface area contributed by atoms with Crippen molar-refractivity contribution in [3.63, 3.8) is 0 Å². The molecule has 0 saturated heterocycles. The molecule has 4 heterocycles. The molecule has 0 amide bonds. The van der Waals surface area contributed by atoms with E-state index in [-0.39, 0.29) is 5.56 Å². The van der Waals surface area contributed by atoms with Gasteiger partial charge in [-0.2, -0.15) is 0 Å². The predicted octanol–water partition coefficient (Wildman–Crippen LogP) is 4.39. The second-order valence-corrected chi connectivity index (χ2v) is 8.85. The maximum atomic E-state index is 13.6. The quantitative estimate of drug-likeness (QED) is 0.398. The summed E-state index contributed by atoms with van der Waals surface area (Å²) in [6, 6.07) is 17.7. The van der Waals surface area contributed by atoms with E-state index in [0.717, 1.165) is 32.6 Å². The smallest absolute Gasteiger partial charge is 0.331 e. The Morgan fingerprint density at radius 3 is 2.32 bits per heavy atom. The van der Waals surface area contributed by atoms with E-state index < -0.39 is 11.8 Å². The molecule has 0 saturated carbocycles. The van der Waals surface area contributed by atoms with Crippen LogP contribution in [0.2, 0.25) is 0 Å². The van der Waals surface area contributed by atoms with E-state index in [4.69, 9.17) is 9.15 Å². The van der Waals surface area contributed by atoms with E-state index in [1.54, 1.807) is 19.4 Å². The van der Waals surface area contributed by atoms with Gasteiger partial charge < -0.3 is 13.7 Å². The number of hydrogen-bond acceptors (Lipinski definition) is 4. The summed E-state index contributed by atoms with van der Waals surface area (Å²) in [5.41, 5.74) is 5.09. The van der Waals surface area contributed by atoms with Gasteiger partial charge in [0.25, 0.3) is 5.56 Å². The Morgan fingerprint density at radius 2 is 1.62 bits per heavy atom. The van der Waals surface area contributed by atoms with Crippen molar-refractivity contribution in [2.45, 2.75) is 20.0 Å². The van der Waals surface area contributed by atoms with Crippen LogP contribution in [0.15, 0.2) is 74.9 Å². The van der Waals surface area contributed by atoms with Gasteiger partial charge >= 0.3 is 5.69 Å². The fraction of sp³-hybridized carbons (Fsp3) is 0.185.